The topological polar surface area (TPSA) is 38.3 Å². The maximum absolute atomic E-state index is 12.7. The monoisotopic (exact) mass is 311 g/mol. The summed E-state index contributed by atoms with van der Waals surface area (Å²) >= 11 is 0. The van der Waals surface area contributed by atoms with Crippen molar-refractivity contribution in [1.82, 2.24) is 0 Å². The Morgan fingerprint density at radius 1 is 1.04 bits per heavy atom. The first-order chi connectivity index (χ1) is 11.0. The second-order valence-electron chi connectivity index (χ2n) is 6.35. The van der Waals surface area contributed by atoms with E-state index in [0.29, 0.717) is 13.0 Å². The molecule has 0 spiro atoms. The maximum atomic E-state index is 12.7. The van der Waals surface area contributed by atoms with Gasteiger partial charge in [-0.1, -0.05) is 63.2 Å². The Bertz CT molecular complexity index is 635. The molecule has 1 amide bonds. The molecule has 0 aliphatic heterocycles. The van der Waals surface area contributed by atoms with E-state index in [9.17, 15) is 4.79 Å². The number of anilines is 1. The summed E-state index contributed by atoms with van der Waals surface area (Å²) in [6.07, 6.45) is 1.62. The predicted octanol–water partition coefficient (Wildman–Crippen LogP) is 4.68. The van der Waals surface area contributed by atoms with Gasteiger partial charge in [0.25, 0.3) is 0 Å². The largest absolute Gasteiger partial charge is 0.491 e. The molecule has 3 heteroatoms. The Labute approximate surface area is 138 Å². The molecule has 0 aliphatic carbocycles. The third-order valence-corrected chi connectivity index (χ3v) is 3.70. The number of hydrogen-bond donors (Lipinski definition) is 1. The number of amides is 1. The van der Waals surface area contributed by atoms with Gasteiger partial charge in [0.15, 0.2) is 0 Å². The summed E-state index contributed by atoms with van der Waals surface area (Å²) in [5.74, 6) is 0.715. The molecule has 1 N–H and O–H groups in total. The normalized spacial score (nSPS) is 11.1. The summed E-state index contributed by atoms with van der Waals surface area (Å²) in [6, 6.07) is 17.7. The Kier molecular flexibility index (Phi) is 5.80. The van der Waals surface area contributed by atoms with Gasteiger partial charge in [-0.15, -0.1) is 0 Å². The minimum atomic E-state index is -0.501. The molecular weight excluding hydrogens is 286 g/mol. The quantitative estimate of drug-likeness (QED) is 0.806. The van der Waals surface area contributed by atoms with E-state index in [0.717, 1.165) is 23.4 Å². The molecular formula is C20H25NO2. The van der Waals surface area contributed by atoms with Crippen LogP contribution < -0.4 is 10.1 Å². The third kappa shape index (κ3) is 4.85. The summed E-state index contributed by atoms with van der Waals surface area (Å²) in [5, 5.41) is 3.02. The summed E-state index contributed by atoms with van der Waals surface area (Å²) in [7, 11) is 0. The van der Waals surface area contributed by atoms with E-state index in [2.05, 4.69) is 12.2 Å². The van der Waals surface area contributed by atoms with Gasteiger partial charge in [-0.05, 0) is 30.5 Å². The van der Waals surface area contributed by atoms with Crippen LogP contribution in [0.25, 0.3) is 0 Å². The predicted molar refractivity (Wildman–Crippen MR) is 94.8 cm³/mol. The van der Waals surface area contributed by atoms with Crippen LogP contribution in [0.1, 0.15) is 32.8 Å². The number of nitrogens with one attached hydrogen (secondary N) is 1. The van der Waals surface area contributed by atoms with Crippen LogP contribution in [0.3, 0.4) is 0 Å². The lowest BCUT2D eigenvalue weighted by Crippen LogP contribution is -2.32. The Morgan fingerprint density at radius 3 is 2.39 bits per heavy atom. The van der Waals surface area contributed by atoms with Crippen LogP contribution in [0.4, 0.5) is 5.69 Å². The van der Waals surface area contributed by atoms with Crippen LogP contribution >= 0.6 is 0 Å². The number of para-hydroxylation sites is 2. The maximum Gasteiger partial charge on any atom is 0.230 e. The highest BCUT2D eigenvalue weighted by Crippen LogP contribution is 2.28. The molecule has 23 heavy (non-hydrogen) atoms. The molecule has 0 saturated carbocycles. The van der Waals surface area contributed by atoms with E-state index < -0.39 is 5.41 Å². The van der Waals surface area contributed by atoms with Gasteiger partial charge in [0, 0.05) is 5.41 Å². The van der Waals surface area contributed by atoms with E-state index in [-0.39, 0.29) is 5.91 Å². The van der Waals surface area contributed by atoms with Crippen LogP contribution in [0.2, 0.25) is 0 Å². The molecule has 122 valence electrons. The fourth-order valence-electron chi connectivity index (χ4n) is 2.39. The molecule has 3 nitrogen and oxygen atoms in total. The van der Waals surface area contributed by atoms with Crippen LogP contribution in [-0.2, 0) is 11.2 Å². The molecule has 2 rings (SSSR count). The summed E-state index contributed by atoms with van der Waals surface area (Å²) in [5.41, 5.74) is 1.38. The summed E-state index contributed by atoms with van der Waals surface area (Å²) in [4.78, 5) is 12.7. The van der Waals surface area contributed by atoms with Crippen molar-refractivity contribution in [2.24, 2.45) is 5.41 Å². The number of benzene rings is 2. The Hall–Kier alpha value is -2.29. The second-order valence-corrected chi connectivity index (χ2v) is 6.35. The second kappa shape index (κ2) is 7.82. The average molecular weight is 311 g/mol. The highest BCUT2D eigenvalue weighted by atomic mass is 16.5. The summed E-state index contributed by atoms with van der Waals surface area (Å²) < 4.78 is 5.70. The standard InChI is InChI=1S/C20H25NO2/c1-4-14-23-18-13-9-8-12-17(18)21-19(22)20(2,3)15-16-10-6-5-7-11-16/h5-13H,4,14-15H2,1-3H3,(H,21,22). The van der Waals surface area contributed by atoms with Crippen LogP contribution in [-0.4, -0.2) is 12.5 Å². The minimum absolute atomic E-state index is 0.00565. The lowest BCUT2D eigenvalue weighted by Gasteiger charge is -2.24. The fraction of sp³-hybridized carbons (Fsp3) is 0.350. The van der Waals surface area contributed by atoms with E-state index >= 15 is 0 Å². The van der Waals surface area contributed by atoms with Crippen LogP contribution in [0.15, 0.2) is 54.6 Å². The lowest BCUT2D eigenvalue weighted by atomic mass is 9.84. The van der Waals surface area contributed by atoms with Crippen LogP contribution in [0, 0.1) is 5.41 Å². The molecule has 2 aromatic rings. The van der Waals surface area contributed by atoms with Gasteiger partial charge in [0.1, 0.15) is 5.75 Å². The zero-order chi connectivity index (χ0) is 16.7. The highest BCUT2D eigenvalue weighted by molar-refractivity contribution is 5.96. The lowest BCUT2D eigenvalue weighted by molar-refractivity contribution is -0.123. The van der Waals surface area contributed by atoms with Crippen molar-refractivity contribution >= 4 is 11.6 Å². The van der Waals surface area contributed by atoms with Gasteiger partial charge in [0.05, 0.1) is 12.3 Å². The first-order valence-corrected chi connectivity index (χ1v) is 8.10. The highest BCUT2D eigenvalue weighted by Gasteiger charge is 2.28. The smallest absolute Gasteiger partial charge is 0.230 e. The molecule has 0 unspecified atom stereocenters. The first kappa shape index (κ1) is 17.1. The Balaban J connectivity index is 2.08. The number of ether oxygens (including phenoxy) is 1. The fourth-order valence-corrected chi connectivity index (χ4v) is 2.39. The number of hydrogen-bond acceptors (Lipinski definition) is 2. The zero-order valence-corrected chi connectivity index (χ0v) is 14.1. The van der Waals surface area contributed by atoms with Crippen molar-refractivity contribution in [2.75, 3.05) is 11.9 Å². The van der Waals surface area contributed by atoms with Gasteiger partial charge in [-0.2, -0.15) is 0 Å². The molecule has 0 radical (unpaired) electrons. The van der Waals surface area contributed by atoms with E-state index in [1.54, 1.807) is 0 Å². The number of rotatable bonds is 7. The van der Waals surface area contributed by atoms with E-state index in [1.807, 2.05) is 68.4 Å². The minimum Gasteiger partial charge on any atom is -0.491 e. The van der Waals surface area contributed by atoms with Crippen molar-refractivity contribution in [2.45, 2.75) is 33.6 Å². The first-order valence-electron chi connectivity index (χ1n) is 8.10. The van der Waals surface area contributed by atoms with Crippen LogP contribution in [0.5, 0.6) is 5.75 Å². The number of carbonyl (C=O) groups is 1. The SMILES string of the molecule is CCCOc1ccccc1NC(=O)C(C)(C)Cc1ccccc1. The van der Waals surface area contributed by atoms with Gasteiger partial charge >= 0.3 is 0 Å². The van der Waals surface area contributed by atoms with Crippen molar-refractivity contribution < 1.29 is 9.53 Å². The van der Waals surface area contributed by atoms with E-state index in [1.165, 1.54) is 0 Å². The van der Waals surface area contributed by atoms with Crippen molar-refractivity contribution in [3.63, 3.8) is 0 Å². The Morgan fingerprint density at radius 2 is 1.70 bits per heavy atom. The molecule has 0 saturated heterocycles. The summed E-state index contributed by atoms with van der Waals surface area (Å²) in [6.45, 7) is 6.63. The van der Waals surface area contributed by atoms with Gasteiger partial charge in [-0.3, -0.25) is 4.79 Å². The van der Waals surface area contributed by atoms with Crippen molar-refractivity contribution in [1.29, 1.82) is 0 Å². The zero-order valence-electron chi connectivity index (χ0n) is 14.1. The molecule has 0 bridgehead atoms. The molecule has 0 fully saturated rings. The van der Waals surface area contributed by atoms with Crippen molar-refractivity contribution in [3.05, 3.63) is 60.2 Å². The molecule has 0 atom stereocenters. The number of carbonyl (C=O) groups excluding carboxylic acids is 1. The molecule has 2 aromatic carbocycles. The third-order valence-electron chi connectivity index (χ3n) is 3.70. The molecule has 0 aromatic heterocycles. The average Bonchev–Trinajstić information content (AvgIpc) is 2.54. The van der Waals surface area contributed by atoms with E-state index in [4.69, 9.17) is 4.74 Å². The van der Waals surface area contributed by atoms with Crippen molar-refractivity contribution in [3.8, 4) is 5.75 Å². The molecule has 0 heterocycles. The van der Waals surface area contributed by atoms with Gasteiger partial charge in [-0.25, -0.2) is 0 Å². The van der Waals surface area contributed by atoms with Gasteiger partial charge < -0.3 is 10.1 Å². The van der Waals surface area contributed by atoms with Gasteiger partial charge in [0.2, 0.25) is 5.91 Å². The molecule has 0 aliphatic rings.